The number of rotatable bonds is 6. The van der Waals surface area contributed by atoms with Crippen molar-refractivity contribution in [1.29, 1.82) is 0 Å². The first kappa shape index (κ1) is 24.4. The maximum absolute atomic E-state index is 15.0. The van der Waals surface area contributed by atoms with Crippen LogP contribution < -0.4 is 10.6 Å². The fourth-order valence-electron chi connectivity index (χ4n) is 3.98. The van der Waals surface area contributed by atoms with Gasteiger partial charge in [0.05, 0.1) is 5.57 Å². The lowest BCUT2D eigenvalue weighted by Gasteiger charge is -2.28. The molecule has 1 aliphatic rings. The molecule has 0 radical (unpaired) electrons. The minimum Gasteiger partial charge on any atom is -0.328 e. The average molecular weight is 540 g/mol. The molecule has 36 heavy (non-hydrogen) atoms. The summed E-state index contributed by atoms with van der Waals surface area (Å²) in [6.07, 6.45) is 0. The number of nitrogens with one attached hydrogen (secondary N) is 2. The minimum atomic E-state index is -0.817. The van der Waals surface area contributed by atoms with Gasteiger partial charge in [0, 0.05) is 32.7 Å². The molecule has 0 saturated carbocycles. The normalized spacial score (nSPS) is 14.8. The number of thioether (sulfide) groups is 1. The number of nitrogens with zero attached hydrogens (tertiary/aromatic N) is 3. The van der Waals surface area contributed by atoms with E-state index in [-0.39, 0.29) is 5.91 Å². The minimum absolute atomic E-state index is 0.317. The van der Waals surface area contributed by atoms with Crippen LogP contribution in [-0.2, 0) is 10.5 Å². The van der Waals surface area contributed by atoms with Gasteiger partial charge in [-0.05, 0) is 55.0 Å². The number of benzene rings is 3. The molecule has 1 atom stereocenters. The van der Waals surface area contributed by atoms with Crippen LogP contribution in [-0.4, -0.2) is 20.7 Å². The smallest absolute Gasteiger partial charge is 0.255 e. The molecule has 6 nitrogen and oxygen atoms in total. The molecule has 0 spiro atoms. The topological polar surface area (TPSA) is 71.8 Å². The molecule has 0 saturated heterocycles. The monoisotopic (exact) mass is 539 g/mol. The third-order valence-corrected chi connectivity index (χ3v) is 7.03. The van der Waals surface area contributed by atoms with E-state index in [4.69, 9.17) is 23.2 Å². The fourth-order valence-corrected chi connectivity index (χ4v) is 5.09. The summed E-state index contributed by atoms with van der Waals surface area (Å²) < 4.78 is 16.6. The molecule has 2 N–H and O–H groups in total. The molecule has 0 bridgehead atoms. The van der Waals surface area contributed by atoms with Crippen molar-refractivity contribution in [3.05, 3.63) is 111 Å². The highest BCUT2D eigenvalue weighted by molar-refractivity contribution is 7.98. The number of aromatic nitrogens is 3. The number of allylic oxidation sites excluding steroid dienone is 1. The van der Waals surface area contributed by atoms with Gasteiger partial charge in [0.15, 0.2) is 0 Å². The van der Waals surface area contributed by atoms with Gasteiger partial charge in [-0.2, -0.15) is 4.98 Å². The van der Waals surface area contributed by atoms with E-state index in [2.05, 4.69) is 20.7 Å². The number of halogens is 3. The van der Waals surface area contributed by atoms with Crippen molar-refractivity contribution in [2.24, 2.45) is 0 Å². The second-order valence-electron chi connectivity index (χ2n) is 8.13. The molecule has 5 rings (SSSR count). The van der Waals surface area contributed by atoms with E-state index >= 15 is 4.39 Å². The number of hydrogen-bond acceptors (Lipinski definition) is 5. The Labute approximate surface area is 221 Å². The molecular weight excluding hydrogens is 520 g/mol. The van der Waals surface area contributed by atoms with Gasteiger partial charge in [-0.25, -0.2) is 9.07 Å². The molecule has 2 heterocycles. The largest absolute Gasteiger partial charge is 0.328 e. The highest BCUT2D eigenvalue weighted by Crippen LogP contribution is 2.38. The zero-order valence-corrected chi connectivity index (χ0v) is 21.3. The van der Waals surface area contributed by atoms with Crippen LogP contribution in [0.15, 0.2) is 89.2 Å². The Hall–Kier alpha value is -3.33. The number of hydrogen-bond donors (Lipinski definition) is 2. The van der Waals surface area contributed by atoms with Crippen molar-refractivity contribution < 1.29 is 9.18 Å². The van der Waals surface area contributed by atoms with Gasteiger partial charge in [-0.3, -0.25) is 4.79 Å². The summed E-state index contributed by atoms with van der Waals surface area (Å²) in [7, 11) is 0. The zero-order chi connectivity index (χ0) is 25.2. The Morgan fingerprint density at radius 1 is 1.08 bits per heavy atom. The Morgan fingerprint density at radius 2 is 1.86 bits per heavy atom. The van der Waals surface area contributed by atoms with E-state index in [1.54, 1.807) is 54.1 Å². The van der Waals surface area contributed by atoms with Crippen molar-refractivity contribution >= 4 is 52.5 Å². The summed E-state index contributed by atoms with van der Waals surface area (Å²) >= 11 is 13.5. The third-order valence-electron chi connectivity index (χ3n) is 5.64. The molecule has 1 amide bonds. The van der Waals surface area contributed by atoms with Crippen molar-refractivity contribution in [3.8, 4) is 0 Å². The average Bonchev–Trinajstić information content (AvgIpc) is 3.26. The number of anilines is 2. The Bertz CT molecular complexity index is 1470. The molecule has 0 aliphatic carbocycles. The van der Waals surface area contributed by atoms with E-state index in [0.29, 0.717) is 49.4 Å². The van der Waals surface area contributed by atoms with Crippen LogP contribution in [0.25, 0.3) is 0 Å². The Kier molecular flexibility index (Phi) is 7.00. The second kappa shape index (κ2) is 10.3. The summed E-state index contributed by atoms with van der Waals surface area (Å²) in [5, 5.41) is 12.4. The van der Waals surface area contributed by atoms with Crippen molar-refractivity contribution in [2.45, 2.75) is 23.9 Å². The molecule has 0 unspecified atom stereocenters. The van der Waals surface area contributed by atoms with Crippen LogP contribution in [0.3, 0.4) is 0 Å². The van der Waals surface area contributed by atoms with E-state index in [9.17, 15) is 4.79 Å². The van der Waals surface area contributed by atoms with Crippen LogP contribution in [0.5, 0.6) is 0 Å². The first-order valence-electron chi connectivity index (χ1n) is 11.0. The quantitative estimate of drug-likeness (QED) is 0.259. The lowest BCUT2D eigenvalue weighted by molar-refractivity contribution is -0.113. The summed E-state index contributed by atoms with van der Waals surface area (Å²) in [4.78, 5) is 18.1. The summed E-state index contributed by atoms with van der Waals surface area (Å²) in [6.45, 7) is 1.77. The van der Waals surface area contributed by atoms with Gasteiger partial charge in [0.2, 0.25) is 11.1 Å². The van der Waals surface area contributed by atoms with Gasteiger partial charge in [-0.15, -0.1) is 5.10 Å². The van der Waals surface area contributed by atoms with E-state index in [0.717, 1.165) is 5.56 Å². The first-order valence-corrected chi connectivity index (χ1v) is 12.8. The van der Waals surface area contributed by atoms with Crippen LogP contribution in [0.4, 0.5) is 16.0 Å². The van der Waals surface area contributed by atoms with Gasteiger partial charge in [0.25, 0.3) is 5.91 Å². The Balaban J connectivity index is 1.49. The summed E-state index contributed by atoms with van der Waals surface area (Å²) in [5.74, 6) is 0.204. The van der Waals surface area contributed by atoms with Crippen LogP contribution >= 0.6 is 35.0 Å². The first-order chi connectivity index (χ1) is 17.4. The van der Waals surface area contributed by atoms with Crippen LogP contribution in [0.1, 0.15) is 24.1 Å². The third kappa shape index (κ3) is 5.11. The SMILES string of the molecule is CC1=C(C(=O)Nc2ccc(Cl)cc2)[C@H](c2ccccc2F)n2nc(SCc3cccc(Cl)c3)nc2N1. The molecule has 10 heteroatoms. The lowest BCUT2D eigenvalue weighted by atomic mass is 9.94. The zero-order valence-electron chi connectivity index (χ0n) is 19.0. The molecule has 1 aliphatic heterocycles. The predicted octanol–water partition coefficient (Wildman–Crippen LogP) is 6.94. The maximum atomic E-state index is 15.0. The van der Waals surface area contributed by atoms with Crippen LogP contribution in [0.2, 0.25) is 10.0 Å². The predicted molar refractivity (Wildman–Crippen MR) is 142 cm³/mol. The molecule has 182 valence electrons. The van der Waals surface area contributed by atoms with E-state index < -0.39 is 11.9 Å². The highest BCUT2D eigenvalue weighted by Gasteiger charge is 2.35. The van der Waals surface area contributed by atoms with E-state index in [1.807, 2.05) is 24.3 Å². The lowest BCUT2D eigenvalue weighted by Crippen LogP contribution is -2.32. The van der Waals surface area contributed by atoms with Crippen molar-refractivity contribution in [1.82, 2.24) is 14.8 Å². The molecule has 3 aromatic carbocycles. The summed E-state index contributed by atoms with van der Waals surface area (Å²) in [5.41, 5.74) is 2.80. The standard InChI is InChI=1S/C26H20Cl2FN5OS/c1-15-22(24(35)31-19-11-9-17(27)10-12-19)23(20-7-2-3-8-21(20)29)34-25(30-15)32-26(33-34)36-14-16-5-4-6-18(28)13-16/h2-13,23H,14H2,1H3,(H,31,35)(H,30,32,33)/t23-/m0/s1. The van der Waals surface area contributed by atoms with Gasteiger partial charge >= 0.3 is 0 Å². The number of carbonyl (C=O) groups is 1. The molecule has 0 fully saturated rings. The van der Waals surface area contributed by atoms with Crippen LogP contribution in [0, 0.1) is 5.82 Å². The maximum Gasteiger partial charge on any atom is 0.255 e. The van der Waals surface area contributed by atoms with Crippen molar-refractivity contribution in [2.75, 3.05) is 10.6 Å². The molecule has 4 aromatic rings. The Morgan fingerprint density at radius 3 is 2.61 bits per heavy atom. The van der Waals surface area contributed by atoms with Crippen molar-refractivity contribution in [3.63, 3.8) is 0 Å². The number of fused-ring (bicyclic) bond motifs is 1. The number of amides is 1. The number of carbonyl (C=O) groups excluding carboxylic acids is 1. The van der Waals surface area contributed by atoms with E-state index in [1.165, 1.54) is 17.8 Å². The van der Waals surface area contributed by atoms with Gasteiger partial charge in [-0.1, -0.05) is 65.3 Å². The summed E-state index contributed by atoms with van der Waals surface area (Å²) in [6, 6.07) is 19.9. The van der Waals surface area contributed by atoms with Gasteiger partial charge in [0.1, 0.15) is 11.9 Å². The molecule has 1 aromatic heterocycles. The fraction of sp³-hybridized carbons (Fsp3) is 0.115. The molecular formula is C26H20Cl2FN5OS. The van der Waals surface area contributed by atoms with Gasteiger partial charge < -0.3 is 10.6 Å². The second-order valence-corrected chi connectivity index (χ2v) is 9.95. The highest BCUT2D eigenvalue weighted by atomic mass is 35.5.